The lowest BCUT2D eigenvalue weighted by Crippen LogP contribution is -2.66. The Morgan fingerprint density at radius 1 is 1.35 bits per heavy atom. The second kappa shape index (κ2) is 4.88. The number of hydrogen-bond donors (Lipinski definition) is 1. The Bertz CT molecular complexity index is 550. The number of rotatable bonds is 4. The smallest absolute Gasteiger partial charge is 0.249 e. The van der Waals surface area contributed by atoms with E-state index in [1.54, 1.807) is 16.2 Å². The van der Waals surface area contributed by atoms with Gasteiger partial charge in [0.05, 0.1) is 6.54 Å². The summed E-state index contributed by atoms with van der Waals surface area (Å²) in [7, 11) is 0. The van der Waals surface area contributed by atoms with Crippen LogP contribution in [-0.2, 0) is 22.6 Å². The summed E-state index contributed by atoms with van der Waals surface area (Å²) in [6.07, 6.45) is 3.09. The zero-order chi connectivity index (χ0) is 14.3. The molecule has 1 atom stereocenters. The fourth-order valence-corrected chi connectivity index (χ4v) is 3.88. The molecule has 5 heteroatoms. The molecule has 2 amide bonds. The monoisotopic (exact) mass is 292 g/mol. The molecule has 0 radical (unpaired) electrons. The molecule has 4 nitrogen and oxygen atoms in total. The van der Waals surface area contributed by atoms with Gasteiger partial charge in [-0.15, -0.1) is 11.3 Å². The van der Waals surface area contributed by atoms with Crippen LogP contribution < -0.4 is 5.32 Å². The quantitative estimate of drug-likeness (QED) is 0.922. The molecule has 20 heavy (non-hydrogen) atoms. The van der Waals surface area contributed by atoms with E-state index in [4.69, 9.17) is 0 Å². The van der Waals surface area contributed by atoms with Gasteiger partial charge in [0.15, 0.2) is 0 Å². The Morgan fingerprint density at radius 2 is 2.05 bits per heavy atom. The van der Waals surface area contributed by atoms with E-state index in [1.165, 1.54) is 4.88 Å². The number of nitrogens with zero attached hydrogens (tertiary/aromatic N) is 1. The van der Waals surface area contributed by atoms with E-state index in [-0.39, 0.29) is 18.4 Å². The first-order chi connectivity index (χ1) is 9.53. The summed E-state index contributed by atoms with van der Waals surface area (Å²) in [4.78, 5) is 28.8. The average Bonchev–Trinajstić information content (AvgIpc) is 3.17. The fourth-order valence-electron chi connectivity index (χ4n) is 2.91. The number of carbonyl (C=O) groups excluding carboxylic acids is 2. The molecule has 1 aromatic rings. The van der Waals surface area contributed by atoms with Crippen molar-refractivity contribution in [3.63, 3.8) is 0 Å². The lowest BCUT2D eigenvalue weighted by atomic mass is 9.91. The highest BCUT2D eigenvalue weighted by Gasteiger charge is 2.52. The molecular formula is C15H20N2O2S. The van der Waals surface area contributed by atoms with Crippen LogP contribution in [0.3, 0.4) is 0 Å². The summed E-state index contributed by atoms with van der Waals surface area (Å²) in [5, 5.41) is 2.91. The summed E-state index contributed by atoms with van der Waals surface area (Å²) < 4.78 is 0. The summed E-state index contributed by atoms with van der Waals surface area (Å²) in [6, 6.07) is 4.17. The highest BCUT2D eigenvalue weighted by Crippen LogP contribution is 2.41. The van der Waals surface area contributed by atoms with E-state index < -0.39 is 5.54 Å². The van der Waals surface area contributed by atoms with E-state index in [1.807, 2.05) is 6.92 Å². The van der Waals surface area contributed by atoms with E-state index in [0.717, 1.165) is 24.1 Å². The highest BCUT2D eigenvalue weighted by molar-refractivity contribution is 7.11. The second-order valence-corrected chi connectivity index (χ2v) is 7.16. The zero-order valence-corrected chi connectivity index (χ0v) is 12.8. The van der Waals surface area contributed by atoms with Crippen LogP contribution in [0.5, 0.6) is 0 Å². The van der Waals surface area contributed by atoms with Crippen LogP contribution in [-0.4, -0.2) is 28.8 Å². The Morgan fingerprint density at radius 3 is 2.65 bits per heavy atom. The number of carbonyl (C=O) groups is 2. The third kappa shape index (κ3) is 2.35. The predicted molar refractivity (Wildman–Crippen MR) is 78.4 cm³/mol. The van der Waals surface area contributed by atoms with Crippen molar-refractivity contribution in [1.82, 2.24) is 10.2 Å². The molecule has 2 heterocycles. The molecule has 108 valence electrons. The van der Waals surface area contributed by atoms with Gasteiger partial charge >= 0.3 is 0 Å². The number of aryl methyl sites for hydroxylation is 1. The molecule has 1 saturated heterocycles. The number of hydrogen-bond acceptors (Lipinski definition) is 3. The van der Waals surface area contributed by atoms with E-state index in [0.29, 0.717) is 12.5 Å². The third-order valence-corrected chi connectivity index (χ3v) is 5.49. The van der Waals surface area contributed by atoms with Gasteiger partial charge < -0.3 is 10.2 Å². The van der Waals surface area contributed by atoms with E-state index >= 15 is 0 Å². The highest BCUT2D eigenvalue weighted by atomic mass is 32.1. The van der Waals surface area contributed by atoms with Crippen LogP contribution in [0.1, 0.15) is 36.4 Å². The van der Waals surface area contributed by atoms with Gasteiger partial charge in [0, 0.05) is 9.75 Å². The number of amides is 2. The van der Waals surface area contributed by atoms with Crippen molar-refractivity contribution in [2.24, 2.45) is 5.92 Å². The molecule has 2 aliphatic rings. The van der Waals surface area contributed by atoms with Crippen LogP contribution in [0, 0.1) is 5.92 Å². The van der Waals surface area contributed by atoms with Crippen molar-refractivity contribution in [3.8, 4) is 0 Å². The molecule has 1 aliphatic carbocycles. The Labute approximate surface area is 123 Å². The van der Waals surface area contributed by atoms with E-state index in [2.05, 4.69) is 24.4 Å². The summed E-state index contributed by atoms with van der Waals surface area (Å²) in [6.45, 7) is 4.74. The molecular weight excluding hydrogens is 272 g/mol. The largest absolute Gasteiger partial charge is 0.340 e. The van der Waals surface area contributed by atoms with Crippen molar-refractivity contribution in [2.75, 3.05) is 6.54 Å². The van der Waals surface area contributed by atoms with Crippen molar-refractivity contribution >= 4 is 23.2 Å². The van der Waals surface area contributed by atoms with Gasteiger partial charge in [0.2, 0.25) is 11.8 Å². The minimum Gasteiger partial charge on any atom is -0.340 e. The Kier molecular flexibility index (Phi) is 3.32. The molecule has 1 aliphatic heterocycles. The minimum atomic E-state index is -0.680. The van der Waals surface area contributed by atoms with Crippen molar-refractivity contribution in [2.45, 2.75) is 45.2 Å². The number of thiophene rings is 1. The standard InChI is InChI=1S/C15H20N2O2S/c1-3-11-6-7-12(20-11)8-17-9-13(18)16-15(2,14(17)19)10-4-5-10/h6-7,10H,3-5,8-9H2,1-2H3,(H,16,18). The molecule has 0 spiro atoms. The molecule has 1 unspecified atom stereocenters. The minimum absolute atomic E-state index is 0.0359. The maximum Gasteiger partial charge on any atom is 0.249 e. The van der Waals surface area contributed by atoms with Crippen LogP contribution in [0.25, 0.3) is 0 Å². The summed E-state index contributed by atoms with van der Waals surface area (Å²) >= 11 is 1.73. The van der Waals surface area contributed by atoms with Crippen LogP contribution >= 0.6 is 11.3 Å². The molecule has 2 fully saturated rings. The molecule has 1 aromatic heterocycles. The lowest BCUT2D eigenvalue weighted by Gasteiger charge is -2.40. The molecule has 0 bridgehead atoms. The second-order valence-electron chi connectivity index (χ2n) is 5.91. The Balaban J connectivity index is 1.77. The van der Waals surface area contributed by atoms with Gasteiger partial charge in [-0.2, -0.15) is 0 Å². The molecule has 0 aromatic carbocycles. The topological polar surface area (TPSA) is 49.4 Å². The maximum absolute atomic E-state index is 12.7. The van der Waals surface area contributed by atoms with E-state index in [9.17, 15) is 9.59 Å². The van der Waals surface area contributed by atoms with Gasteiger partial charge in [0.25, 0.3) is 0 Å². The lowest BCUT2D eigenvalue weighted by molar-refractivity contribution is -0.150. The molecule has 3 rings (SSSR count). The SMILES string of the molecule is CCc1ccc(CN2CC(=O)NC(C)(C3CC3)C2=O)s1. The normalized spacial score (nSPS) is 26.8. The third-order valence-electron chi connectivity index (χ3n) is 4.27. The zero-order valence-electron chi connectivity index (χ0n) is 11.9. The first kappa shape index (κ1) is 13.6. The Hall–Kier alpha value is -1.36. The summed E-state index contributed by atoms with van der Waals surface area (Å²) in [5.74, 6) is 0.355. The van der Waals surface area contributed by atoms with Gasteiger partial charge in [-0.3, -0.25) is 9.59 Å². The average molecular weight is 292 g/mol. The number of piperazine rings is 1. The first-order valence-corrected chi connectivity index (χ1v) is 8.02. The predicted octanol–water partition coefficient (Wildman–Crippen LogP) is 1.94. The van der Waals surface area contributed by atoms with Gasteiger partial charge in [0.1, 0.15) is 12.1 Å². The summed E-state index contributed by atoms with van der Waals surface area (Å²) in [5.41, 5.74) is -0.680. The van der Waals surface area contributed by atoms with Crippen molar-refractivity contribution in [1.29, 1.82) is 0 Å². The van der Waals surface area contributed by atoms with Crippen LogP contribution in [0.15, 0.2) is 12.1 Å². The maximum atomic E-state index is 12.7. The van der Waals surface area contributed by atoms with Gasteiger partial charge in [-0.25, -0.2) is 0 Å². The van der Waals surface area contributed by atoms with Gasteiger partial charge in [-0.1, -0.05) is 6.92 Å². The first-order valence-electron chi connectivity index (χ1n) is 7.21. The van der Waals surface area contributed by atoms with Crippen molar-refractivity contribution < 1.29 is 9.59 Å². The van der Waals surface area contributed by atoms with Crippen LogP contribution in [0.4, 0.5) is 0 Å². The number of nitrogens with one attached hydrogen (secondary N) is 1. The molecule has 1 N–H and O–H groups in total. The van der Waals surface area contributed by atoms with Crippen molar-refractivity contribution in [3.05, 3.63) is 21.9 Å². The fraction of sp³-hybridized carbons (Fsp3) is 0.600. The molecule has 1 saturated carbocycles. The van der Waals surface area contributed by atoms with Gasteiger partial charge in [-0.05, 0) is 44.2 Å². The van der Waals surface area contributed by atoms with Crippen LogP contribution in [0.2, 0.25) is 0 Å².